The largest absolute Gasteiger partial charge is 0.444 e. The molecule has 2 aromatic rings. The zero-order chi connectivity index (χ0) is 19.5. The number of carbonyl (C=O) groups excluding carboxylic acids is 1. The molecule has 2 N–H and O–H groups in total. The maximum Gasteiger partial charge on any atom is 0.405 e. The Labute approximate surface area is 147 Å². The van der Waals surface area contributed by atoms with Gasteiger partial charge in [0.15, 0.2) is 0 Å². The van der Waals surface area contributed by atoms with E-state index < -0.39 is 28.7 Å². The third-order valence-corrected chi connectivity index (χ3v) is 4.78. The average molecular weight is 391 g/mol. The Kier molecular flexibility index (Phi) is 5.71. The van der Waals surface area contributed by atoms with Crippen LogP contribution in [-0.2, 0) is 16.6 Å². The van der Waals surface area contributed by atoms with Crippen molar-refractivity contribution in [2.24, 2.45) is 0 Å². The second-order valence-corrected chi connectivity index (χ2v) is 7.16. The Bertz CT molecular complexity index is 870. The molecule has 0 saturated heterocycles. The minimum absolute atomic E-state index is 0.0906. The molecule has 0 bridgehead atoms. The lowest BCUT2D eigenvalue weighted by molar-refractivity contribution is -0.123. The molecule has 0 aliphatic rings. The summed E-state index contributed by atoms with van der Waals surface area (Å²) in [5, 5.41) is 1.70. The Morgan fingerprint density at radius 1 is 1.19 bits per heavy atom. The molecule has 2 rings (SSSR count). The first-order chi connectivity index (χ1) is 12.0. The lowest BCUT2D eigenvalue weighted by Gasteiger charge is -2.09. The molecule has 1 amide bonds. The first-order valence-electron chi connectivity index (χ1n) is 7.35. The van der Waals surface area contributed by atoms with Crippen molar-refractivity contribution in [2.45, 2.75) is 31.5 Å². The van der Waals surface area contributed by atoms with Crippen molar-refractivity contribution in [3.05, 3.63) is 47.2 Å². The molecule has 0 atom stereocenters. The van der Waals surface area contributed by atoms with Crippen molar-refractivity contribution in [1.29, 1.82) is 0 Å². The smallest absolute Gasteiger partial charge is 0.405 e. The van der Waals surface area contributed by atoms with Gasteiger partial charge < -0.3 is 9.73 Å². The normalized spacial score (nSPS) is 12.2. The molecule has 0 spiro atoms. The van der Waals surface area contributed by atoms with Crippen LogP contribution in [0.15, 0.2) is 33.6 Å². The van der Waals surface area contributed by atoms with Crippen molar-refractivity contribution >= 4 is 15.9 Å². The molecule has 26 heavy (non-hydrogen) atoms. The quantitative estimate of drug-likeness (QED) is 0.785. The average Bonchev–Trinajstić information content (AvgIpc) is 2.88. The van der Waals surface area contributed by atoms with Gasteiger partial charge in [0.1, 0.15) is 12.3 Å². The minimum Gasteiger partial charge on any atom is -0.444 e. The predicted molar refractivity (Wildman–Crippen MR) is 84.8 cm³/mol. The fourth-order valence-electron chi connectivity index (χ4n) is 1.92. The van der Waals surface area contributed by atoms with Crippen LogP contribution in [0, 0.1) is 13.8 Å². The molecule has 11 heteroatoms. The number of oxazole rings is 1. The highest BCUT2D eigenvalue weighted by atomic mass is 32.2. The van der Waals surface area contributed by atoms with Gasteiger partial charge >= 0.3 is 6.18 Å². The van der Waals surface area contributed by atoms with Crippen LogP contribution in [0.3, 0.4) is 0 Å². The highest BCUT2D eigenvalue weighted by molar-refractivity contribution is 7.89. The highest BCUT2D eigenvalue weighted by Crippen LogP contribution is 2.15. The van der Waals surface area contributed by atoms with Crippen LogP contribution >= 0.6 is 0 Å². The van der Waals surface area contributed by atoms with Gasteiger partial charge in [-0.2, -0.15) is 13.2 Å². The van der Waals surface area contributed by atoms with Crippen molar-refractivity contribution in [3.63, 3.8) is 0 Å². The molecule has 0 saturated carbocycles. The van der Waals surface area contributed by atoms with Crippen molar-refractivity contribution in [3.8, 4) is 0 Å². The van der Waals surface area contributed by atoms with Gasteiger partial charge in [-0.3, -0.25) is 4.79 Å². The van der Waals surface area contributed by atoms with E-state index in [4.69, 9.17) is 4.42 Å². The van der Waals surface area contributed by atoms with Crippen molar-refractivity contribution < 1.29 is 30.8 Å². The Hall–Kier alpha value is -2.40. The first kappa shape index (κ1) is 19.9. The van der Waals surface area contributed by atoms with E-state index in [2.05, 4.69) is 9.71 Å². The summed E-state index contributed by atoms with van der Waals surface area (Å²) >= 11 is 0. The van der Waals surface area contributed by atoms with Gasteiger partial charge in [-0.1, -0.05) is 0 Å². The maximum atomic E-state index is 12.2. The number of hydrogen-bond acceptors (Lipinski definition) is 5. The highest BCUT2D eigenvalue weighted by Gasteiger charge is 2.28. The monoisotopic (exact) mass is 391 g/mol. The number of amides is 1. The van der Waals surface area contributed by atoms with E-state index in [9.17, 15) is 26.4 Å². The zero-order valence-corrected chi connectivity index (χ0v) is 14.7. The standard InChI is InChI=1S/C15H16F3N3O4S/c1-9-10(2)25-13(21-9)7-20-26(23,24)12-5-3-11(4-6-12)14(22)19-8-15(16,17)18/h3-6,20H,7-8H2,1-2H3,(H,19,22). The third kappa shape index (κ3) is 5.30. The van der Waals surface area contributed by atoms with E-state index in [-0.39, 0.29) is 22.9 Å². The van der Waals surface area contributed by atoms with Gasteiger partial charge in [-0.05, 0) is 38.1 Å². The topological polar surface area (TPSA) is 101 Å². The molecule has 0 aliphatic heterocycles. The summed E-state index contributed by atoms with van der Waals surface area (Å²) < 4.78 is 68.2. The van der Waals surface area contributed by atoms with E-state index in [0.717, 1.165) is 24.3 Å². The summed E-state index contributed by atoms with van der Waals surface area (Å²) in [6.45, 7) is 1.79. The molecule has 7 nitrogen and oxygen atoms in total. The van der Waals surface area contributed by atoms with Crippen LogP contribution in [0.25, 0.3) is 0 Å². The van der Waals surface area contributed by atoms with Crippen molar-refractivity contribution in [2.75, 3.05) is 6.54 Å². The lowest BCUT2D eigenvalue weighted by Crippen LogP contribution is -2.33. The van der Waals surface area contributed by atoms with Crippen LogP contribution in [0.4, 0.5) is 13.2 Å². The number of aryl methyl sites for hydroxylation is 2. The molecular weight excluding hydrogens is 375 g/mol. The SMILES string of the molecule is Cc1nc(CNS(=O)(=O)c2ccc(C(=O)NCC(F)(F)F)cc2)oc1C. The number of hydrogen-bond donors (Lipinski definition) is 2. The van der Waals surface area contributed by atoms with E-state index >= 15 is 0 Å². The number of nitrogens with zero attached hydrogens (tertiary/aromatic N) is 1. The maximum absolute atomic E-state index is 12.2. The Balaban J connectivity index is 2.02. The van der Waals surface area contributed by atoms with E-state index in [1.54, 1.807) is 19.2 Å². The third-order valence-electron chi connectivity index (χ3n) is 3.36. The van der Waals surface area contributed by atoms with Crippen LogP contribution in [-0.4, -0.2) is 32.0 Å². The van der Waals surface area contributed by atoms with Gasteiger partial charge in [0, 0.05) is 5.56 Å². The molecule has 1 aromatic heterocycles. The van der Waals surface area contributed by atoms with Gasteiger partial charge in [0.2, 0.25) is 15.9 Å². The van der Waals surface area contributed by atoms with Gasteiger partial charge in [-0.15, -0.1) is 0 Å². The molecule has 0 aliphatic carbocycles. The number of sulfonamides is 1. The number of carbonyl (C=O) groups is 1. The molecule has 1 heterocycles. The van der Waals surface area contributed by atoms with Gasteiger partial charge in [-0.25, -0.2) is 18.1 Å². The van der Waals surface area contributed by atoms with Gasteiger partial charge in [0.25, 0.3) is 5.91 Å². The molecule has 0 radical (unpaired) electrons. The summed E-state index contributed by atoms with van der Waals surface area (Å²) in [5.74, 6) is -0.176. The fraction of sp³-hybridized carbons (Fsp3) is 0.333. The summed E-state index contributed by atoms with van der Waals surface area (Å²) in [4.78, 5) is 15.5. The summed E-state index contributed by atoms with van der Waals surface area (Å²) in [7, 11) is -3.90. The number of aromatic nitrogens is 1. The Morgan fingerprint density at radius 2 is 1.81 bits per heavy atom. The number of rotatable bonds is 6. The Morgan fingerprint density at radius 3 is 2.31 bits per heavy atom. The molecule has 0 fully saturated rings. The number of halogens is 3. The lowest BCUT2D eigenvalue weighted by atomic mass is 10.2. The minimum atomic E-state index is -4.53. The summed E-state index contributed by atoms with van der Waals surface area (Å²) in [5.41, 5.74) is 0.556. The molecule has 1 aromatic carbocycles. The molecular formula is C15H16F3N3O4S. The zero-order valence-electron chi connectivity index (χ0n) is 13.8. The second-order valence-electron chi connectivity index (χ2n) is 5.40. The number of benzene rings is 1. The van der Waals surface area contributed by atoms with E-state index in [1.165, 1.54) is 0 Å². The second kappa shape index (κ2) is 7.46. The number of alkyl halides is 3. The summed E-state index contributed by atoms with van der Waals surface area (Å²) in [6.07, 6.45) is -4.53. The summed E-state index contributed by atoms with van der Waals surface area (Å²) in [6, 6.07) is 4.49. The van der Waals surface area contributed by atoms with E-state index in [0.29, 0.717) is 11.5 Å². The van der Waals surface area contributed by atoms with Crippen LogP contribution in [0.1, 0.15) is 27.7 Å². The van der Waals surface area contributed by atoms with Crippen molar-refractivity contribution in [1.82, 2.24) is 15.0 Å². The molecule has 0 unspecified atom stereocenters. The molecule has 142 valence electrons. The number of nitrogens with one attached hydrogen (secondary N) is 2. The van der Waals surface area contributed by atoms with Gasteiger partial charge in [0.05, 0.1) is 17.1 Å². The van der Waals surface area contributed by atoms with E-state index in [1.807, 2.05) is 0 Å². The van der Waals surface area contributed by atoms with Crippen LogP contribution < -0.4 is 10.0 Å². The van der Waals surface area contributed by atoms with Crippen LogP contribution in [0.2, 0.25) is 0 Å². The predicted octanol–water partition coefficient (Wildman–Crippen LogP) is 2.06. The first-order valence-corrected chi connectivity index (χ1v) is 8.84. The van der Waals surface area contributed by atoms with Crippen LogP contribution in [0.5, 0.6) is 0 Å². The fourth-order valence-corrected chi connectivity index (χ4v) is 2.90.